The first kappa shape index (κ1) is 93.2. The average molecular weight is 2130 g/mol. The lowest BCUT2D eigenvalue weighted by Crippen LogP contribution is -2.06. The van der Waals surface area contributed by atoms with E-state index >= 15 is 0 Å². The summed E-state index contributed by atoms with van der Waals surface area (Å²) in [6, 6.07) is 83.6. The molecule has 5 aromatic heterocycles. The summed E-state index contributed by atoms with van der Waals surface area (Å²) in [7, 11) is 0. The first-order chi connectivity index (χ1) is 63.7. The van der Waals surface area contributed by atoms with Gasteiger partial charge in [0.2, 0.25) is 0 Å². The Kier molecular flexibility index (Phi) is 27.1. The fraction of sp³-hybridized carbons (Fsp3) is 0.158. The number of hydrogen-bond acceptors (Lipinski definition) is 3. The predicted molar refractivity (Wildman–Crippen MR) is 585 cm³/mol. The van der Waals surface area contributed by atoms with E-state index in [1.165, 1.54) is 139 Å². The summed E-state index contributed by atoms with van der Waals surface area (Å²) >= 11 is 23.6. The number of aromatic amines is 4. The Morgan fingerprint density at radius 1 is 0.241 bits per heavy atom. The molecular weight excluding hydrogens is 2020 g/mol. The molecule has 0 saturated carbocycles. The molecule has 0 atom stereocenters. The molecular formula is C120H104Br6N6O. The highest BCUT2D eigenvalue weighted by molar-refractivity contribution is 9.12. The molecule has 17 aromatic rings. The molecule has 7 heterocycles. The van der Waals surface area contributed by atoms with Crippen LogP contribution in [0.2, 0.25) is 0 Å². The summed E-state index contributed by atoms with van der Waals surface area (Å²) in [6.07, 6.45) is 13.6. The van der Waals surface area contributed by atoms with Crippen molar-refractivity contribution in [3.8, 4) is 111 Å². The molecule has 0 radical (unpaired) electrons. The number of rotatable bonds is 14. The van der Waals surface area contributed by atoms with Crippen molar-refractivity contribution in [3.05, 3.63) is 415 Å². The summed E-state index contributed by atoms with van der Waals surface area (Å²) in [5, 5.41) is 0. The number of nitrogens with zero attached hydrogens (tertiary/aromatic N) is 2. The van der Waals surface area contributed by atoms with Crippen LogP contribution in [0.1, 0.15) is 156 Å². The minimum Gasteiger partial charge on any atom is -0.364 e. The number of carbonyl (C=O) groups is 1. The van der Waals surface area contributed by atoms with E-state index in [0.29, 0.717) is 0 Å². The molecule has 662 valence electrons. The van der Waals surface area contributed by atoms with Gasteiger partial charge in [-0.3, -0.25) is 4.79 Å². The Morgan fingerprint density at radius 2 is 0.459 bits per heavy atom. The predicted octanol–water partition coefficient (Wildman–Crippen LogP) is 36.5. The quantitative estimate of drug-likeness (QED) is 0.0815. The van der Waals surface area contributed by atoms with Crippen LogP contribution in [0.3, 0.4) is 0 Å². The molecule has 2 aliphatic heterocycles. The Labute approximate surface area is 832 Å². The molecule has 19 rings (SSSR count). The zero-order valence-electron chi connectivity index (χ0n) is 78.1. The van der Waals surface area contributed by atoms with Crippen molar-refractivity contribution in [2.45, 2.75) is 131 Å². The number of aldehydes is 1. The van der Waals surface area contributed by atoms with Gasteiger partial charge in [-0.25, -0.2) is 9.97 Å². The number of hydrogen-bond donors (Lipinski definition) is 4. The van der Waals surface area contributed by atoms with E-state index < -0.39 is 0 Å². The summed E-state index contributed by atoms with van der Waals surface area (Å²) in [5.74, 6) is 0.148. The fourth-order valence-corrected chi connectivity index (χ4v) is 25.3. The lowest BCUT2D eigenvalue weighted by molar-refractivity contribution is 0.112. The van der Waals surface area contributed by atoms with Crippen LogP contribution in [0.5, 0.6) is 0 Å². The second-order valence-corrected chi connectivity index (χ2v) is 41.3. The second-order valence-electron chi connectivity index (χ2n) is 36.2. The molecule has 7 nitrogen and oxygen atoms in total. The molecule has 8 bridgehead atoms. The number of nitrogens with one attached hydrogen (secondary N) is 4. The van der Waals surface area contributed by atoms with Crippen molar-refractivity contribution >= 4 is 148 Å². The average Bonchev–Trinajstić information content (AvgIpc) is 1.67. The topological polar surface area (TPSA) is 106 Å². The van der Waals surface area contributed by atoms with Crippen molar-refractivity contribution in [2.75, 3.05) is 0 Å². The monoisotopic (exact) mass is 2120 g/mol. The van der Waals surface area contributed by atoms with Crippen LogP contribution < -0.4 is 0 Å². The molecule has 12 aromatic carbocycles. The Morgan fingerprint density at radius 3 is 0.692 bits per heavy atom. The van der Waals surface area contributed by atoms with Gasteiger partial charge in [-0.05, 0) is 439 Å². The first-order valence-corrected chi connectivity index (χ1v) is 49.7. The maximum atomic E-state index is 11.6. The molecule has 2 aliphatic rings. The van der Waals surface area contributed by atoms with Gasteiger partial charge < -0.3 is 19.9 Å². The van der Waals surface area contributed by atoms with Gasteiger partial charge >= 0.3 is 0 Å². The van der Waals surface area contributed by atoms with E-state index in [4.69, 9.17) is 9.97 Å². The van der Waals surface area contributed by atoms with E-state index in [0.717, 1.165) is 173 Å². The van der Waals surface area contributed by atoms with Gasteiger partial charge in [-0.2, -0.15) is 0 Å². The Bertz CT molecular complexity index is 7050. The lowest BCUT2D eigenvalue weighted by atomic mass is 9.86. The first-order valence-electron chi connectivity index (χ1n) is 44.9. The van der Waals surface area contributed by atoms with E-state index in [-0.39, 0.29) is 5.92 Å². The molecule has 0 unspecified atom stereocenters. The summed E-state index contributed by atoms with van der Waals surface area (Å²) in [5.41, 5.74) is 55.7. The summed E-state index contributed by atoms with van der Waals surface area (Å²) in [6.45, 7) is 39.5. The van der Waals surface area contributed by atoms with Gasteiger partial charge in [0.1, 0.15) is 6.29 Å². The van der Waals surface area contributed by atoms with Crippen LogP contribution in [0.15, 0.2) is 270 Å². The lowest BCUT2D eigenvalue weighted by Gasteiger charge is -2.18. The highest BCUT2D eigenvalue weighted by atomic mass is 79.9. The molecule has 0 aliphatic carbocycles. The zero-order valence-corrected chi connectivity index (χ0v) is 87.6. The molecule has 4 N–H and O–H groups in total. The van der Waals surface area contributed by atoms with Crippen LogP contribution in [-0.4, -0.2) is 36.2 Å². The van der Waals surface area contributed by atoms with Crippen LogP contribution >= 0.6 is 95.6 Å². The molecule has 0 fully saturated rings. The van der Waals surface area contributed by atoms with Gasteiger partial charge in [0.05, 0.1) is 28.7 Å². The smallest absolute Gasteiger partial charge is 0.150 e. The van der Waals surface area contributed by atoms with Gasteiger partial charge in [0.15, 0.2) is 0 Å². The summed E-state index contributed by atoms with van der Waals surface area (Å²) < 4.78 is 5.94. The standard InChI is InChI=1S/C80H66Br4N4.C25H26O.C15H12Br2N2/c1-41-27-45(5)71(46(6)28-41)53-35-54(72-47(7)29-42(2)30-48(72)8)38-57(37-53)75-63-19-23-67(85-63)79(77-59(81)15-13-16-60(77)82)69-25-21-65(87-69)76(66-22-26-70(88-66)80(68-24-20-64(75)86-68)78-61(83)17-14-18-62(78)84)58-39-55(73-49(9)31-43(3)32-50(73)10)36-56(40-58)74-51(11)33-44(4)34-52(74)12;1-15-7-17(3)24(18(4)8-15)22-11-21(14-26)12-23(13-22)25-19(5)9-16(2)10-20(25)6;16-10-4-1-5-11(17)14(10)15(12-6-2-8-18-12)13-7-3-9-19-13/h13-40,85,88H,1-12H3;7-14H,1-6H3;1-9,15,18-19H. The van der Waals surface area contributed by atoms with Crippen LogP contribution in [0.25, 0.3) is 158 Å². The minimum atomic E-state index is 0.148. The van der Waals surface area contributed by atoms with Gasteiger partial charge in [0.25, 0.3) is 0 Å². The number of fused-ring (bicyclic) bond motifs is 8. The number of carbonyl (C=O) groups excluding carboxylic acids is 1. The Balaban J connectivity index is 0.000000221. The van der Waals surface area contributed by atoms with E-state index in [2.05, 4.69) is 465 Å². The maximum absolute atomic E-state index is 11.6. The van der Waals surface area contributed by atoms with Crippen LogP contribution in [0.4, 0.5) is 0 Å². The summed E-state index contributed by atoms with van der Waals surface area (Å²) in [4.78, 5) is 38.1. The molecule has 133 heavy (non-hydrogen) atoms. The largest absolute Gasteiger partial charge is 0.364 e. The van der Waals surface area contributed by atoms with Crippen molar-refractivity contribution < 1.29 is 4.79 Å². The van der Waals surface area contributed by atoms with E-state index in [1.54, 1.807) is 0 Å². The van der Waals surface area contributed by atoms with E-state index in [9.17, 15) is 4.79 Å². The van der Waals surface area contributed by atoms with Crippen molar-refractivity contribution in [1.29, 1.82) is 0 Å². The van der Waals surface area contributed by atoms with Gasteiger partial charge in [0, 0.05) is 112 Å². The van der Waals surface area contributed by atoms with Gasteiger partial charge in [-0.1, -0.05) is 220 Å². The molecule has 0 spiro atoms. The van der Waals surface area contributed by atoms with E-state index in [1.807, 2.05) is 42.7 Å². The fourth-order valence-electron chi connectivity index (χ4n) is 21.1. The number of H-pyrrole nitrogens is 4. The van der Waals surface area contributed by atoms with Crippen molar-refractivity contribution in [2.24, 2.45) is 0 Å². The third-order valence-corrected chi connectivity index (χ3v) is 29.7. The third kappa shape index (κ3) is 18.9. The van der Waals surface area contributed by atoms with Crippen molar-refractivity contribution in [3.63, 3.8) is 0 Å². The molecule has 13 heteroatoms. The zero-order chi connectivity index (χ0) is 94.0. The highest BCUT2D eigenvalue weighted by Crippen LogP contribution is 2.50. The van der Waals surface area contributed by atoms with Gasteiger partial charge in [-0.15, -0.1) is 0 Å². The van der Waals surface area contributed by atoms with Crippen LogP contribution in [-0.2, 0) is 0 Å². The highest BCUT2D eigenvalue weighted by Gasteiger charge is 2.28. The molecule has 0 saturated heterocycles. The maximum Gasteiger partial charge on any atom is 0.150 e. The normalized spacial score (nSPS) is 11.6. The minimum absolute atomic E-state index is 0.148. The van der Waals surface area contributed by atoms with Crippen molar-refractivity contribution in [1.82, 2.24) is 29.9 Å². The third-order valence-electron chi connectivity index (χ3n) is 25.7. The SMILES string of the molecule is Brc1cccc(Br)c1C(c1ccc[nH]1)c1ccc[nH]1.Cc1cc(C)c(-c2cc(-c3c(C)cc(C)cc3C)cc(-c3c4nc(c(-c5c(Br)cccc5Br)c5ccc([nH]5)c(-c5cc(-c6c(C)cc(C)cc6C)cc(-c6c(C)cc(C)cc6C)c5)c5nc(c(-c6c(Br)cccc6Br)c6ccc3[nH]6)C=C5)C=C4)c2)c(C)c1.Cc1cc(C)c(-c2cc(C=O)cc(-c3c(C)cc(C)cc3C)c2)c(C)c1. The van der Waals surface area contributed by atoms with Crippen LogP contribution in [0, 0.1) is 125 Å². The number of aromatic nitrogens is 6. The number of benzene rings is 12. The number of aryl methyl sites for hydroxylation is 18. The Hall–Kier alpha value is -11.7. The second kappa shape index (κ2) is 38.7. The number of halogens is 6. The molecule has 0 amide bonds.